The second kappa shape index (κ2) is 5.07. The van der Waals surface area contributed by atoms with Crippen LogP contribution < -0.4 is 10.1 Å². The fourth-order valence-electron chi connectivity index (χ4n) is 2.14. The van der Waals surface area contributed by atoms with Crippen LogP contribution in [0.2, 0.25) is 5.02 Å². The van der Waals surface area contributed by atoms with Crippen molar-refractivity contribution < 1.29 is 4.74 Å². The van der Waals surface area contributed by atoms with Gasteiger partial charge in [0.1, 0.15) is 5.75 Å². The van der Waals surface area contributed by atoms with E-state index in [1.807, 2.05) is 19.9 Å². The zero-order chi connectivity index (χ0) is 11.5. The van der Waals surface area contributed by atoms with E-state index in [-0.39, 0.29) is 0 Å². The van der Waals surface area contributed by atoms with E-state index >= 15 is 0 Å². The van der Waals surface area contributed by atoms with Crippen LogP contribution in [0.25, 0.3) is 0 Å². The van der Waals surface area contributed by atoms with Crippen molar-refractivity contribution in [2.24, 2.45) is 5.92 Å². The van der Waals surface area contributed by atoms with Crippen LogP contribution in [0.1, 0.15) is 17.5 Å². The summed E-state index contributed by atoms with van der Waals surface area (Å²) >= 11 is 6.18. The second-order valence-electron chi connectivity index (χ2n) is 4.56. The van der Waals surface area contributed by atoms with Gasteiger partial charge in [0, 0.05) is 12.5 Å². The normalized spacial score (nSPS) is 20.1. The first-order valence-corrected chi connectivity index (χ1v) is 6.15. The molecule has 1 aliphatic heterocycles. The molecule has 1 fully saturated rings. The number of rotatable bonds is 3. The lowest BCUT2D eigenvalue weighted by atomic mass is 10.1. The molecule has 0 aromatic heterocycles. The van der Waals surface area contributed by atoms with Gasteiger partial charge in [-0.2, -0.15) is 0 Å². The summed E-state index contributed by atoms with van der Waals surface area (Å²) in [7, 11) is 0. The van der Waals surface area contributed by atoms with Crippen LogP contribution in [0.15, 0.2) is 12.1 Å². The highest BCUT2D eigenvalue weighted by Crippen LogP contribution is 2.30. The quantitative estimate of drug-likeness (QED) is 0.876. The van der Waals surface area contributed by atoms with E-state index in [0.717, 1.165) is 36.0 Å². The average molecular weight is 240 g/mol. The van der Waals surface area contributed by atoms with Crippen molar-refractivity contribution in [1.82, 2.24) is 5.32 Å². The Labute approximate surface area is 102 Å². The predicted molar refractivity (Wildman–Crippen MR) is 67.4 cm³/mol. The lowest BCUT2D eigenvalue weighted by Gasteiger charge is -2.14. The number of hydrogen-bond donors (Lipinski definition) is 1. The van der Waals surface area contributed by atoms with Gasteiger partial charge in [-0.15, -0.1) is 0 Å². The van der Waals surface area contributed by atoms with E-state index in [1.54, 1.807) is 0 Å². The summed E-state index contributed by atoms with van der Waals surface area (Å²) < 4.78 is 5.83. The maximum absolute atomic E-state index is 6.18. The van der Waals surface area contributed by atoms with Gasteiger partial charge in [-0.05, 0) is 44.0 Å². The number of halogens is 1. The van der Waals surface area contributed by atoms with Crippen molar-refractivity contribution in [3.8, 4) is 5.75 Å². The molecule has 1 aromatic carbocycles. The Kier molecular flexibility index (Phi) is 3.72. The fourth-order valence-corrected chi connectivity index (χ4v) is 2.52. The highest BCUT2D eigenvalue weighted by Gasteiger charge is 2.16. The third-order valence-corrected chi connectivity index (χ3v) is 3.28. The van der Waals surface area contributed by atoms with Crippen LogP contribution in [-0.2, 0) is 0 Å². The summed E-state index contributed by atoms with van der Waals surface area (Å²) in [6.07, 6.45) is 1.20. The van der Waals surface area contributed by atoms with Crippen molar-refractivity contribution in [1.29, 1.82) is 0 Å². The molecule has 88 valence electrons. The topological polar surface area (TPSA) is 21.3 Å². The molecule has 0 spiro atoms. The molecule has 1 aliphatic rings. The second-order valence-corrected chi connectivity index (χ2v) is 4.97. The fraction of sp³-hybridized carbons (Fsp3) is 0.538. The summed E-state index contributed by atoms with van der Waals surface area (Å²) in [5.41, 5.74) is 2.30. The first-order chi connectivity index (χ1) is 7.66. The molecular formula is C13H18ClNO. The predicted octanol–water partition coefficient (Wildman–Crippen LogP) is 2.95. The molecule has 1 heterocycles. The monoisotopic (exact) mass is 239 g/mol. The Balaban J connectivity index is 2.03. The van der Waals surface area contributed by atoms with Crippen molar-refractivity contribution >= 4 is 11.6 Å². The number of ether oxygens (including phenoxy) is 1. The molecule has 1 atom stereocenters. The van der Waals surface area contributed by atoms with Gasteiger partial charge < -0.3 is 10.1 Å². The van der Waals surface area contributed by atoms with Crippen LogP contribution in [-0.4, -0.2) is 19.7 Å². The Bertz CT molecular complexity index is 349. The Morgan fingerprint density at radius 3 is 2.88 bits per heavy atom. The van der Waals surface area contributed by atoms with Gasteiger partial charge in [0.15, 0.2) is 0 Å². The molecule has 16 heavy (non-hydrogen) atoms. The maximum Gasteiger partial charge on any atom is 0.140 e. The largest absolute Gasteiger partial charge is 0.491 e. The zero-order valence-corrected chi connectivity index (χ0v) is 10.6. The Morgan fingerprint density at radius 2 is 2.25 bits per heavy atom. The lowest BCUT2D eigenvalue weighted by molar-refractivity contribution is 0.258. The summed E-state index contributed by atoms with van der Waals surface area (Å²) in [5.74, 6) is 1.47. The molecule has 1 aromatic rings. The van der Waals surface area contributed by atoms with Crippen LogP contribution in [0.4, 0.5) is 0 Å². The number of aryl methyl sites for hydroxylation is 2. The van der Waals surface area contributed by atoms with Gasteiger partial charge in [-0.3, -0.25) is 0 Å². The van der Waals surface area contributed by atoms with Crippen molar-refractivity contribution in [2.75, 3.05) is 19.7 Å². The van der Waals surface area contributed by atoms with Crippen LogP contribution in [0.3, 0.4) is 0 Å². The van der Waals surface area contributed by atoms with Gasteiger partial charge >= 0.3 is 0 Å². The first-order valence-electron chi connectivity index (χ1n) is 5.77. The van der Waals surface area contributed by atoms with Crippen LogP contribution in [0.5, 0.6) is 5.75 Å². The molecule has 1 N–H and O–H groups in total. The smallest absolute Gasteiger partial charge is 0.140 e. The minimum absolute atomic E-state index is 0.622. The molecule has 2 nitrogen and oxygen atoms in total. The van der Waals surface area contributed by atoms with E-state index in [4.69, 9.17) is 16.3 Å². The van der Waals surface area contributed by atoms with Gasteiger partial charge in [0.05, 0.1) is 11.6 Å². The minimum atomic E-state index is 0.622. The molecule has 2 rings (SSSR count). The third kappa shape index (κ3) is 2.69. The summed E-state index contributed by atoms with van der Waals surface area (Å²) in [5, 5.41) is 4.06. The number of benzene rings is 1. The SMILES string of the molecule is Cc1cc(C)c(OCC2CCNC2)c(Cl)c1. The molecule has 0 radical (unpaired) electrons. The van der Waals surface area contributed by atoms with E-state index in [2.05, 4.69) is 11.4 Å². The highest BCUT2D eigenvalue weighted by molar-refractivity contribution is 6.32. The van der Waals surface area contributed by atoms with Crippen molar-refractivity contribution in [3.05, 3.63) is 28.3 Å². The van der Waals surface area contributed by atoms with E-state index < -0.39 is 0 Å². The molecule has 0 amide bonds. The number of hydrogen-bond acceptors (Lipinski definition) is 2. The van der Waals surface area contributed by atoms with Crippen molar-refractivity contribution in [3.63, 3.8) is 0 Å². The molecule has 0 aliphatic carbocycles. The highest BCUT2D eigenvalue weighted by atomic mass is 35.5. The number of nitrogens with one attached hydrogen (secondary N) is 1. The third-order valence-electron chi connectivity index (χ3n) is 3.00. The van der Waals surface area contributed by atoms with Gasteiger partial charge in [-0.1, -0.05) is 17.7 Å². The summed E-state index contributed by atoms with van der Waals surface area (Å²) in [6, 6.07) is 4.06. The molecular weight excluding hydrogens is 222 g/mol. The zero-order valence-electron chi connectivity index (χ0n) is 9.85. The Morgan fingerprint density at radius 1 is 1.44 bits per heavy atom. The van der Waals surface area contributed by atoms with E-state index in [9.17, 15) is 0 Å². The Hall–Kier alpha value is -0.730. The lowest BCUT2D eigenvalue weighted by Crippen LogP contribution is -2.16. The molecule has 0 saturated carbocycles. The average Bonchev–Trinajstić information content (AvgIpc) is 2.68. The van der Waals surface area contributed by atoms with Gasteiger partial charge in [0.2, 0.25) is 0 Å². The van der Waals surface area contributed by atoms with Gasteiger partial charge in [-0.25, -0.2) is 0 Å². The van der Waals surface area contributed by atoms with E-state index in [0.29, 0.717) is 5.92 Å². The maximum atomic E-state index is 6.18. The molecule has 1 unspecified atom stereocenters. The van der Waals surface area contributed by atoms with Gasteiger partial charge in [0.25, 0.3) is 0 Å². The van der Waals surface area contributed by atoms with Crippen molar-refractivity contribution in [2.45, 2.75) is 20.3 Å². The molecule has 1 saturated heterocycles. The van der Waals surface area contributed by atoms with Crippen LogP contribution >= 0.6 is 11.6 Å². The molecule has 3 heteroatoms. The molecule has 0 bridgehead atoms. The summed E-state index contributed by atoms with van der Waals surface area (Å²) in [4.78, 5) is 0. The van der Waals surface area contributed by atoms with E-state index in [1.165, 1.54) is 12.0 Å². The van der Waals surface area contributed by atoms with Crippen LogP contribution in [0, 0.1) is 19.8 Å². The summed E-state index contributed by atoms with van der Waals surface area (Å²) in [6.45, 7) is 7.01. The standard InChI is InChI=1S/C13H18ClNO/c1-9-5-10(2)13(12(14)6-9)16-8-11-3-4-15-7-11/h5-6,11,15H,3-4,7-8H2,1-2H3. The first kappa shape index (κ1) is 11.7. The minimum Gasteiger partial charge on any atom is -0.491 e.